The molecule has 4 aromatic rings. The zero-order valence-electron chi connectivity index (χ0n) is 19.9. The topological polar surface area (TPSA) is 88.9 Å². The number of anilines is 1. The van der Waals surface area contributed by atoms with E-state index in [9.17, 15) is 14.0 Å². The van der Waals surface area contributed by atoms with E-state index in [1.807, 2.05) is 50.4 Å². The molecular formula is C26H26FN5O2S. The SMILES string of the molecule is CC(=O)NC(C)c1ccc(-c2csc(NC(=O)c3cnn(-c4ccc(F)cc4)c3C(C)C)n2)cc1. The first kappa shape index (κ1) is 24.3. The maximum atomic E-state index is 13.3. The number of benzene rings is 2. The summed E-state index contributed by atoms with van der Waals surface area (Å²) in [6.45, 7) is 7.38. The molecule has 0 spiro atoms. The van der Waals surface area contributed by atoms with E-state index in [2.05, 4.69) is 20.7 Å². The number of nitrogens with zero attached hydrogens (tertiary/aromatic N) is 3. The molecule has 2 heterocycles. The number of hydrogen-bond acceptors (Lipinski definition) is 5. The fraction of sp³-hybridized carbons (Fsp3) is 0.231. The molecule has 2 aromatic carbocycles. The normalized spacial score (nSPS) is 11.9. The lowest BCUT2D eigenvalue weighted by Gasteiger charge is -2.13. The van der Waals surface area contributed by atoms with Gasteiger partial charge in [-0.3, -0.25) is 14.9 Å². The van der Waals surface area contributed by atoms with E-state index in [1.165, 1.54) is 36.6 Å². The third-order valence-corrected chi connectivity index (χ3v) is 6.28. The average molecular weight is 492 g/mol. The third-order valence-electron chi connectivity index (χ3n) is 5.52. The predicted octanol–water partition coefficient (Wildman–Crippen LogP) is 5.71. The minimum atomic E-state index is -0.332. The molecule has 0 bridgehead atoms. The number of halogens is 1. The summed E-state index contributed by atoms with van der Waals surface area (Å²) >= 11 is 1.34. The summed E-state index contributed by atoms with van der Waals surface area (Å²) in [6, 6.07) is 13.7. The molecule has 1 unspecified atom stereocenters. The first-order valence-corrected chi connectivity index (χ1v) is 12.1. The molecule has 0 saturated heterocycles. The summed E-state index contributed by atoms with van der Waals surface area (Å²) in [6.07, 6.45) is 1.53. The van der Waals surface area contributed by atoms with Gasteiger partial charge < -0.3 is 5.32 Å². The van der Waals surface area contributed by atoms with Gasteiger partial charge in [0.1, 0.15) is 5.82 Å². The zero-order chi connectivity index (χ0) is 25.1. The first-order chi connectivity index (χ1) is 16.7. The van der Waals surface area contributed by atoms with Gasteiger partial charge in [0.2, 0.25) is 5.91 Å². The molecule has 4 rings (SSSR count). The van der Waals surface area contributed by atoms with Gasteiger partial charge >= 0.3 is 0 Å². The zero-order valence-corrected chi connectivity index (χ0v) is 20.7. The van der Waals surface area contributed by atoms with E-state index in [0.29, 0.717) is 16.4 Å². The van der Waals surface area contributed by atoms with Crippen LogP contribution in [-0.2, 0) is 4.79 Å². The number of carbonyl (C=O) groups excluding carboxylic acids is 2. The number of carbonyl (C=O) groups is 2. The van der Waals surface area contributed by atoms with Crippen molar-refractivity contribution >= 4 is 28.3 Å². The van der Waals surface area contributed by atoms with Crippen LogP contribution in [0.2, 0.25) is 0 Å². The molecule has 0 aliphatic heterocycles. The summed E-state index contributed by atoms with van der Waals surface area (Å²) in [7, 11) is 0. The van der Waals surface area contributed by atoms with Crippen LogP contribution in [0.25, 0.3) is 16.9 Å². The van der Waals surface area contributed by atoms with Crippen molar-refractivity contribution in [1.82, 2.24) is 20.1 Å². The van der Waals surface area contributed by atoms with Crippen LogP contribution in [0, 0.1) is 5.82 Å². The summed E-state index contributed by atoms with van der Waals surface area (Å²) in [5.74, 6) is -0.706. The van der Waals surface area contributed by atoms with Gasteiger partial charge in [-0.05, 0) is 42.7 Å². The summed E-state index contributed by atoms with van der Waals surface area (Å²) in [5, 5.41) is 12.5. The van der Waals surface area contributed by atoms with Crippen LogP contribution in [0.4, 0.5) is 9.52 Å². The highest BCUT2D eigenvalue weighted by atomic mass is 32.1. The van der Waals surface area contributed by atoms with Crippen molar-refractivity contribution in [2.75, 3.05) is 5.32 Å². The van der Waals surface area contributed by atoms with Crippen LogP contribution >= 0.6 is 11.3 Å². The molecule has 2 amide bonds. The van der Waals surface area contributed by atoms with Crippen molar-refractivity contribution in [2.45, 2.75) is 39.7 Å². The Labute approximate surface area is 207 Å². The van der Waals surface area contributed by atoms with Gasteiger partial charge in [-0.1, -0.05) is 38.1 Å². The van der Waals surface area contributed by atoms with Crippen LogP contribution in [0.3, 0.4) is 0 Å². The van der Waals surface area contributed by atoms with Crippen LogP contribution in [-0.4, -0.2) is 26.6 Å². The molecule has 1 atom stereocenters. The van der Waals surface area contributed by atoms with Crippen LogP contribution in [0.1, 0.15) is 61.3 Å². The molecule has 7 nitrogen and oxygen atoms in total. The van der Waals surface area contributed by atoms with Gasteiger partial charge in [0.25, 0.3) is 5.91 Å². The van der Waals surface area contributed by atoms with Gasteiger partial charge in [-0.25, -0.2) is 14.1 Å². The predicted molar refractivity (Wildman–Crippen MR) is 135 cm³/mol. The summed E-state index contributed by atoms with van der Waals surface area (Å²) < 4.78 is 15.0. The minimum Gasteiger partial charge on any atom is -0.350 e. The highest BCUT2D eigenvalue weighted by Crippen LogP contribution is 2.28. The molecular weight excluding hydrogens is 465 g/mol. The Morgan fingerprint density at radius 3 is 2.34 bits per heavy atom. The largest absolute Gasteiger partial charge is 0.350 e. The second-order valence-electron chi connectivity index (χ2n) is 8.52. The number of aromatic nitrogens is 3. The number of thiazole rings is 1. The fourth-order valence-corrected chi connectivity index (χ4v) is 4.55. The smallest absolute Gasteiger partial charge is 0.260 e. The Hall–Kier alpha value is -3.85. The van der Waals surface area contributed by atoms with Crippen molar-refractivity contribution in [2.24, 2.45) is 0 Å². The molecule has 0 saturated carbocycles. The standard InChI is InChI=1S/C26H26FN5O2S/c1-15(2)24-22(13-28-32(24)21-11-9-20(27)10-12-21)25(34)31-26-30-23(14-35-26)19-7-5-18(6-8-19)16(3)29-17(4)33/h5-16H,1-4H3,(H,29,33)(H,30,31,34). The average Bonchev–Trinajstić information content (AvgIpc) is 3.47. The van der Waals surface area contributed by atoms with Crippen LogP contribution in [0.15, 0.2) is 60.1 Å². The molecule has 180 valence electrons. The van der Waals surface area contributed by atoms with E-state index < -0.39 is 0 Å². The van der Waals surface area contributed by atoms with Crippen molar-refractivity contribution in [3.63, 3.8) is 0 Å². The number of hydrogen-bond donors (Lipinski definition) is 2. The molecule has 0 radical (unpaired) electrons. The molecule has 0 aliphatic rings. The molecule has 0 fully saturated rings. The second-order valence-corrected chi connectivity index (χ2v) is 9.38. The summed E-state index contributed by atoms with van der Waals surface area (Å²) in [4.78, 5) is 28.9. The highest BCUT2D eigenvalue weighted by Gasteiger charge is 2.22. The third kappa shape index (κ3) is 5.46. The Morgan fingerprint density at radius 1 is 1.03 bits per heavy atom. The molecule has 2 N–H and O–H groups in total. The maximum Gasteiger partial charge on any atom is 0.260 e. The Kier molecular flexibility index (Phi) is 7.07. The van der Waals surface area contributed by atoms with Crippen LogP contribution in [0.5, 0.6) is 0 Å². The summed E-state index contributed by atoms with van der Waals surface area (Å²) in [5.41, 5.74) is 4.50. The van der Waals surface area contributed by atoms with Gasteiger partial charge in [0, 0.05) is 17.9 Å². The second kappa shape index (κ2) is 10.2. The molecule has 35 heavy (non-hydrogen) atoms. The number of amides is 2. The minimum absolute atomic E-state index is 0.00792. The van der Waals surface area contributed by atoms with Gasteiger partial charge in [0.05, 0.1) is 34.9 Å². The first-order valence-electron chi connectivity index (χ1n) is 11.2. The Bertz CT molecular complexity index is 1340. The number of nitrogens with one attached hydrogen (secondary N) is 2. The lowest BCUT2D eigenvalue weighted by molar-refractivity contribution is -0.119. The van der Waals surface area contributed by atoms with E-state index in [-0.39, 0.29) is 29.6 Å². The van der Waals surface area contributed by atoms with Crippen molar-refractivity contribution in [1.29, 1.82) is 0 Å². The number of rotatable bonds is 7. The van der Waals surface area contributed by atoms with Crippen molar-refractivity contribution in [3.05, 3.63) is 82.7 Å². The van der Waals surface area contributed by atoms with Gasteiger partial charge in [-0.15, -0.1) is 11.3 Å². The Morgan fingerprint density at radius 2 is 1.71 bits per heavy atom. The van der Waals surface area contributed by atoms with Crippen molar-refractivity contribution < 1.29 is 14.0 Å². The van der Waals surface area contributed by atoms with E-state index >= 15 is 0 Å². The maximum absolute atomic E-state index is 13.3. The molecule has 9 heteroatoms. The molecule has 0 aliphatic carbocycles. The van der Waals surface area contributed by atoms with E-state index in [0.717, 1.165) is 22.5 Å². The fourth-order valence-electron chi connectivity index (χ4n) is 3.84. The van der Waals surface area contributed by atoms with E-state index in [1.54, 1.807) is 16.8 Å². The van der Waals surface area contributed by atoms with Gasteiger partial charge in [0.15, 0.2) is 5.13 Å². The lowest BCUT2D eigenvalue weighted by Crippen LogP contribution is -2.23. The Balaban J connectivity index is 1.51. The van der Waals surface area contributed by atoms with Crippen LogP contribution < -0.4 is 10.6 Å². The monoisotopic (exact) mass is 491 g/mol. The molecule has 2 aromatic heterocycles. The highest BCUT2D eigenvalue weighted by molar-refractivity contribution is 7.14. The van der Waals surface area contributed by atoms with Crippen molar-refractivity contribution in [3.8, 4) is 16.9 Å². The van der Waals surface area contributed by atoms with Gasteiger partial charge in [-0.2, -0.15) is 5.10 Å². The lowest BCUT2D eigenvalue weighted by atomic mass is 10.0. The van der Waals surface area contributed by atoms with E-state index in [4.69, 9.17) is 0 Å². The quantitative estimate of drug-likeness (QED) is 0.347.